The van der Waals surface area contributed by atoms with Gasteiger partial charge in [-0.25, -0.2) is 9.78 Å². The molecule has 0 saturated heterocycles. The third kappa shape index (κ3) is 5.61. The van der Waals surface area contributed by atoms with Crippen LogP contribution in [0.1, 0.15) is 46.0 Å². The molecule has 1 fully saturated rings. The average molecular weight is 290 g/mol. The number of carbonyl (C=O) groups excluding carboxylic acids is 1. The van der Waals surface area contributed by atoms with Crippen LogP contribution in [0.3, 0.4) is 0 Å². The van der Waals surface area contributed by atoms with Crippen LogP contribution in [0.4, 0.5) is 16.3 Å². The lowest BCUT2D eigenvalue weighted by atomic mass is 9.96. The fourth-order valence-electron chi connectivity index (χ4n) is 2.48. The summed E-state index contributed by atoms with van der Waals surface area (Å²) < 4.78 is 0. The van der Waals surface area contributed by atoms with Gasteiger partial charge in [0.15, 0.2) is 0 Å². The highest BCUT2D eigenvalue weighted by atomic mass is 16.2. The Morgan fingerprint density at radius 3 is 2.67 bits per heavy atom. The molecule has 1 aliphatic carbocycles. The molecule has 1 aromatic rings. The zero-order valence-corrected chi connectivity index (χ0v) is 13.0. The van der Waals surface area contributed by atoms with Crippen molar-refractivity contribution in [3.8, 4) is 0 Å². The van der Waals surface area contributed by atoms with Crippen LogP contribution in [0.25, 0.3) is 0 Å². The highest BCUT2D eigenvalue weighted by Crippen LogP contribution is 2.17. The van der Waals surface area contributed by atoms with Gasteiger partial charge in [-0.1, -0.05) is 33.1 Å². The maximum absolute atomic E-state index is 11.9. The van der Waals surface area contributed by atoms with Crippen molar-refractivity contribution in [1.82, 2.24) is 10.3 Å². The molecule has 0 radical (unpaired) electrons. The second-order valence-corrected chi connectivity index (χ2v) is 6.14. The van der Waals surface area contributed by atoms with E-state index < -0.39 is 0 Å². The fourth-order valence-corrected chi connectivity index (χ4v) is 2.48. The highest BCUT2D eigenvalue weighted by Gasteiger charge is 2.15. The Labute approximate surface area is 126 Å². The van der Waals surface area contributed by atoms with E-state index in [2.05, 4.69) is 34.8 Å². The number of hydrogen-bond acceptors (Lipinski definition) is 3. The zero-order valence-electron chi connectivity index (χ0n) is 13.0. The predicted octanol–water partition coefficient (Wildman–Crippen LogP) is 3.60. The molecular weight excluding hydrogens is 264 g/mol. The van der Waals surface area contributed by atoms with E-state index in [4.69, 9.17) is 0 Å². The molecule has 0 aliphatic heterocycles. The molecule has 21 heavy (non-hydrogen) atoms. The number of carbonyl (C=O) groups is 1. The van der Waals surface area contributed by atoms with Crippen LogP contribution in [-0.4, -0.2) is 23.6 Å². The molecule has 5 heteroatoms. The Balaban J connectivity index is 1.77. The van der Waals surface area contributed by atoms with Gasteiger partial charge in [0.2, 0.25) is 0 Å². The average Bonchev–Trinajstić information content (AvgIpc) is 2.47. The standard InChI is InChI=1S/C16H26N4O/c1-12(2)10-17-14-8-9-15(18-11-14)20-16(21)19-13-6-4-3-5-7-13/h8-9,11-13,17H,3-7,10H2,1-2H3,(H2,18,19,20,21). The van der Waals surface area contributed by atoms with Gasteiger partial charge in [-0.3, -0.25) is 5.32 Å². The molecule has 3 N–H and O–H groups in total. The molecule has 5 nitrogen and oxygen atoms in total. The quantitative estimate of drug-likeness (QED) is 0.776. The molecule has 1 saturated carbocycles. The lowest BCUT2D eigenvalue weighted by Gasteiger charge is -2.22. The molecule has 0 aromatic carbocycles. The van der Waals surface area contributed by atoms with Crippen molar-refractivity contribution in [2.24, 2.45) is 5.92 Å². The highest BCUT2D eigenvalue weighted by molar-refractivity contribution is 5.88. The molecule has 116 valence electrons. The van der Waals surface area contributed by atoms with Crippen molar-refractivity contribution in [3.05, 3.63) is 18.3 Å². The molecule has 0 bridgehead atoms. The van der Waals surface area contributed by atoms with Crippen molar-refractivity contribution in [1.29, 1.82) is 0 Å². The van der Waals surface area contributed by atoms with Gasteiger partial charge in [0, 0.05) is 12.6 Å². The Morgan fingerprint density at radius 1 is 1.29 bits per heavy atom. The summed E-state index contributed by atoms with van der Waals surface area (Å²) in [6.07, 6.45) is 7.61. The van der Waals surface area contributed by atoms with Gasteiger partial charge in [0.05, 0.1) is 11.9 Å². The van der Waals surface area contributed by atoms with Crippen LogP contribution in [0.5, 0.6) is 0 Å². The van der Waals surface area contributed by atoms with Crippen LogP contribution in [0.15, 0.2) is 18.3 Å². The van der Waals surface area contributed by atoms with Crippen molar-refractivity contribution >= 4 is 17.5 Å². The number of pyridine rings is 1. The van der Waals surface area contributed by atoms with E-state index in [0.29, 0.717) is 17.8 Å². The predicted molar refractivity (Wildman–Crippen MR) is 86.6 cm³/mol. The van der Waals surface area contributed by atoms with E-state index in [9.17, 15) is 4.79 Å². The summed E-state index contributed by atoms with van der Waals surface area (Å²) in [7, 11) is 0. The second-order valence-electron chi connectivity index (χ2n) is 6.14. The number of anilines is 2. The van der Waals surface area contributed by atoms with Crippen molar-refractivity contribution in [2.75, 3.05) is 17.2 Å². The topological polar surface area (TPSA) is 66.0 Å². The Hall–Kier alpha value is -1.78. The van der Waals surface area contributed by atoms with Gasteiger partial charge >= 0.3 is 6.03 Å². The molecule has 2 amide bonds. The maximum atomic E-state index is 11.9. The molecule has 1 heterocycles. The smallest absolute Gasteiger partial charge is 0.320 e. The van der Waals surface area contributed by atoms with E-state index in [1.807, 2.05) is 12.1 Å². The van der Waals surface area contributed by atoms with Crippen LogP contribution < -0.4 is 16.0 Å². The minimum absolute atomic E-state index is 0.155. The largest absolute Gasteiger partial charge is 0.384 e. The lowest BCUT2D eigenvalue weighted by Crippen LogP contribution is -2.39. The second kappa shape index (κ2) is 7.86. The first-order valence-electron chi connectivity index (χ1n) is 7.91. The first-order chi connectivity index (χ1) is 10.1. The van der Waals surface area contributed by atoms with Crippen LogP contribution >= 0.6 is 0 Å². The summed E-state index contributed by atoms with van der Waals surface area (Å²) in [6.45, 7) is 5.23. The third-order valence-corrected chi connectivity index (χ3v) is 3.66. The SMILES string of the molecule is CC(C)CNc1ccc(NC(=O)NC2CCCCC2)nc1. The number of nitrogens with one attached hydrogen (secondary N) is 3. The number of hydrogen-bond donors (Lipinski definition) is 3. The molecule has 2 rings (SSSR count). The minimum Gasteiger partial charge on any atom is -0.384 e. The summed E-state index contributed by atoms with van der Waals surface area (Å²) in [5, 5.41) is 9.11. The summed E-state index contributed by atoms with van der Waals surface area (Å²) in [4.78, 5) is 16.2. The molecule has 1 aliphatic rings. The zero-order chi connectivity index (χ0) is 15.1. The van der Waals surface area contributed by atoms with E-state index in [-0.39, 0.29) is 6.03 Å². The van der Waals surface area contributed by atoms with Crippen LogP contribution in [0.2, 0.25) is 0 Å². The van der Waals surface area contributed by atoms with E-state index in [0.717, 1.165) is 25.1 Å². The van der Waals surface area contributed by atoms with Crippen molar-refractivity contribution in [3.63, 3.8) is 0 Å². The van der Waals surface area contributed by atoms with Gasteiger partial charge in [-0.05, 0) is 30.9 Å². The Morgan fingerprint density at radius 2 is 2.05 bits per heavy atom. The fraction of sp³-hybridized carbons (Fsp3) is 0.625. The number of nitrogens with zero attached hydrogens (tertiary/aromatic N) is 1. The van der Waals surface area contributed by atoms with E-state index >= 15 is 0 Å². The van der Waals surface area contributed by atoms with Gasteiger partial charge in [0.25, 0.3) is 0 Å². The minimum atomic E-state index is -0.155. The maximum Gasteiger partial charge on any atom is 0.320 e. The number of urea groups is 1. The molecule has 1 aromatic heterocycles. The lowest BCUT2D eigenvalue weighted by molar-refractivity contribution is 0.244. The number of amides is 2. The van der Waals surface area contributed by atoms with Crippen molar-refractivity contribution < 1.29 is 4.79 Å². The number of rotatable bonds is 5. The molecule has 0 spiro atoms. The first kappa shape index (κ1) is 15.6. The van der Waals surface area contributed by atoms with Gasteiger partial charge in [-0.15, -0.1) is 0 Å². The number of aromatic nitrogens is 1. The van der Waals surface area contributed by atoms with Crippen molar-refractivity contribution in [2.45, 2.75) is 52.0 Å². The van der Waals surface area contributed by atoms with Crippen LogP contribution in [-0.2, 0) is 0 Å². The normalized spacial score (nSPS) is 15.8. The molecular formula is C16H26N4O. The monoisotopic (exact) mass is 290 g/mol. The van der Waals surface area contributed by atoms with Gasteiger partial charge in [0.1, 0.15) is 5.82 Å². The summed E-state index contributed by atoms with van der Waals surface area (Å²) >= 11 is 0. The van der Waals surface area contributed by atoms with Gasteiger partial charge in [-0.2, -0.15) is 0 Å². The van der Waals surface area contributed by atoms with E-state index in [1.165, 1.54) is 19.3 Å². The first-order valence-corrected chi connectivity index (χ1v) is 7.91. The third-order valence-electron chi connectivity index (χ3n) is 3.66. The van der Waals surface area contributed by atoms with E-state index in [1.54, 1.807) is 6.20 Å². The van der Waals surface area contributed by atoms with Crippen LogP contribution in [0, 0.1) is 5.92 Å². The summed E-state index contributed by atoms with van der Waals surface area (Å²) in [5.41, 5.74) is 0.974. The van der Waals surface area contributed by atoms with Gasteiger partial charge < -0.3 is 10.6 Å². The Bertz CT molecular complexity index is 438. The summed E-state index contributed by atoms with van der Waals surface area (Å²) in [5.74, 6) is 1.17. The molecule has 0 unspecified atom stereocenters. The molecule has 0 atom stereocenters. The Kier molecular flexibility index (Phi) is 5.84. The summed E-state index contributed by atoms with van der Waals surface area (Å²) in [6, 6.07) is 3.91.